The minimum Gasteiger partial charge on any atom is -0.493 e. The van der Waals surface area contributed by atoms with E-state index in [1.807, 2.05) is 25.1 Å². The second kappa shape index (κ2) is 8.39. The molecule has 2 aromatic rings. The first-order valence-electron chi connectivity index (χ1n) is 7.01. The first-order valence-corrected chi connectivity index (χ1v) is 8.09. The van der Waals surface area contributed by atoms with Gasteiger partial charge >= 0.3 is 0 Å². The maximum atomic E-state index is 11.9. The molecular formula is C16H14IN3O4. The van der Waals surface area contributed by atoms with Gasteiger partial charge in [-0.2, -0.15) is 5.10 Å². The van der Waals surface area contributed by atoms with Crippen molar-refractivity contribution in [1.82, 2.24) is 5.43 Å². The largest absolute Gasteiger partial charge is 0.493 e. The Morgan fingerprint density at radius 2 is 2.04 bits per heavy atom. The van der Waals surface area contributed by atoms with Crippen molar-refractivity contribution in [3.8, 4) is 5.75 Å². The Labute approximate surface area is 152 Å². The zero-order chi connectivity index (χ0) is 17.5. The number of hydrazone groups is 1. The Kier molecular flexibility index (Phi) is 6.24. The van der Waals surface area contributed by atoms with Gasteiger partial charge in [0, 0.05) is 17.7 Å². The van der Waals surface area contributed by atoms with Crippen LogP contribution >= 0.6 is 22.6 Å². The Balaban J connectivity index is 1.99. The fraction of sp³-hybridized carbons (Fsp3) is 0.125. The number of ether oxygens (including phenoxy) is 1. The standard InChI is InChI=1S/C16H14IN3O4/c1-2-24-15-8-3-11(9-14(15)17)10-18-19-16(21)12-4-6-13(7-5-12)20(22)23/h3-10H,2H2,1H3,(H,19,21)/b18-10-. The zero-order valence-electron chi connectivity index (χ0n) is 12.7. The molecule has 0 bridgehead atoms. The molecule has 0 saturated carbocycles. The fourth-order valence-electron chi connectivity index (χ4n) is 1.83. The maximum Gasteiger partial charge on any atom is 0.271 e. The van der Waals surface area contributed by atoms with Crippen LogP contribution in [-0.4, -0.2) is 23.7 Å². The van der Waals surface area contributed by atoms with Crippen LogP contribution in [0.1, 0.15) is 22.8 Å². The highest BCUT2D eigenvalue weighted by atomic mass is 127. The van der Waals surface area contributed by atoms with Crippen LogP contribution in [0.5, 0.6) is 5.75 Å². The van der Waals surface area contributed by atoms with E-state index in [0.29, 0.717) is 12.2 Å². The Morgan fingerprint density at radius 1 is 1.33 bits per heavy atom. The van der Waals surface area contributed by atoms with E-state index in [9.17, 15) is 14.9 Å². The first kappa shape index (κ1) is 17.9. The van der Waals surface area contributed by atoms with Crippen LogP contribution in [-0.2, 0) is 0 Å². The maximum absolute atomic E-state index is 11.9. The molecule has 8 heteroatoms. The molecule has 0 saturated heterocycles. The number of nitro groups is 1. The molecule has 7 nitrogen and oxygen atoms in total. The average Bonchev–Trinajstić information content (AvgIpc) is 2.57. The van der Waals surface area contributed by atoms with E-state index in [0.717, 1.165) is 14.9 Å². The molecule has 2 aromatic carbocycles. The quantitative estimate of drug-likeness (QED) is 0.323. The number of halogens is 1. The normalized spacial score (nSPS) is 10.6. The van der Waals surface area contributed by atoms with Crippen LogP contribution in [0.25, 0.3) is 0 Å². The third-order valence-corrected chi connectivity index (χ3v) is 3.82. The molecule has 0 aliphatic rings. The van der Waals surface area contributed by atoms with Crippen molar-refractivity contribution in [2.75, 3.05) is 6.61 Å². The third kappa shape index (κ3) is 4.75. The van der Waals surface area contributed by atoms with Crippen LogP contribution in [0.4, 0.5) is 5.69 Å². The number of hydrogen-bond acceptors (Lipinski definition) is 5. The molecule has 0 spiro atoms. The lowest BCUT2D eigenvalue weighted by Gasteiger charge is -2.05. The van der Waals surface area contributed by atoms with Gasteiger partial charge in [-0.25, -0.2) is 5.43 Å². The van der Waals surface area contributed by atoms with Crippen molar-refractivity contribution in [2.45, 2.75) is 6.92 Å². The van der Waals surface area contributed by atoms with Crippen LogP contribution < -0.4 is 10.2 Å². The van der Waals surface area contributed by atoms with E-state index in [1.165, 1.54) is 30.5 Å². The summed E-state index contributed by atoms with van der Waals surface area (Å²) in [6, 6.07) is 10.8. The lowest BCUT2D eigenvalue weighted by atomic mass is 10.2. The number of nitrogens with zero attached hydrogens (tertiary/aromatic N) is 2. The second-order valence-electron chi connectivity index (χ2n) is 4.63. The van der Waals surface area contributed by atoms with Crippen molar-refractivity contribution in [2.24, 2.45) is 5.10 Å². The number of benzene rings is 2. The Bertz CT molecular complexity index is 775. The van der Waals surface area contributed by atoms with Crippen LogP contribution in [0.15, 0.2) is 47.6 Å². The van der Waals surface area contributed by atoms with Crippen LogP contribution in [0.2, 0.25) is 0 Å². The fourth-order valence-corrected chi connectivity index (χ4v) is 2.53. The van der Waals surface area contributed by atoms with Gasteiger partial charge < -0.3 is 4.74 Å². The summed E-state index contributed by atoms with van der Waals surface area (Å²) in [7, 11) is 0. The summed E-state index contributed by atoms with van der Waals surface area (Å²) in [4.78, 5) is 22.0. The third-order valence-electron chi connectivity index (χ3n) is 2.98. The van der Waals surface area contributed by atoms with E-state index in [2.05, 4.69) is 33.1 Å². The van der Waals surface area contributed by atoms with Gasteiger partial charge in [0.05, 0.1) is 21.3 Å². The molecule has 1 amide bonds. The van der Waals surface area contributed by atoms with E-state index >= 15 is 0 Å². The molecule has 1 N–H and O–H groups in total. The lowest BCUT2D eigenvalue weighted by molar-refractivity contribution is -0.384. The molecule has 0 aliphatic carbocycles. The average molecular weight is 439 g/mol. The molecule has 0 radical (unpaired) electrons. The molecule has 0 fully saturated rings. The van der Waals surface area contributed by atoms with E-state index in [1.54, 1.807) is 0 Å². The molecule has 24 heavy (non-hydrogen) atoms. The summed E-state index contributed by atoms with van der Waals surface area (Å²) in [5.41, 5.74) is 3.41. The summed E-state index contributed by atoms with van der Waals surface area (Å²) in [6.07, 6.45) is 1.52. The van der Waals surface area contributed by atoms with Gasteiger partial charge in [0.2, 0.25) is 0 Å². The number of carbonyl (C=O) groups excluding carboxylic acids is 1. The molecular weight excluding hydrogens is 425 g/mol. The SMILES string of the molecule is CCOc1ccc(/C=N\NC(=O)c2ccc([N+](=O)[O-])cc2)cc1I. The van der Waals surface area contributed by atoms with Gasteiger partial charge in [-0.05, 0) is 65.4 Å². The molecule has 0 aliphatic heterocycles. The highest BCUT2D eigenvalue weighted by molar-refractivity contribution is 14.1. The number of carbonyl (C=O) groups is 1. The predicted octanol–water partition coefficient (Wildman–Crippen LogP) is 3.36. The zero-order valence-corrected chi connectivity index (χ0v) is 14.9. The summed E-state index contributed by atoms with van der Waals surface area (Å²) in [6.45, 7) is 2.51. The van der Waals surface area contributed by atoms with Crippen LogP contribution in [0.3, 0.4) is 0 Å². The lowest BCUT2D eigenvalue weighted by Crippen LogP contribution is -2.17. The molecule has 0 unspecified atom stereocenters. The highest BCUT2D eigenvalue weighted by Gasteiger charge is 2.08. The van der Waals surface area contributed by atoms with Gasteiger partial charge in [0.15, 0.2) is 0 Å². The Morgan fingerprint density at radius 3 is 2.62 bits per heavy atom. The summed E-state index contributed by atoms with van der Waals surface area (Å²) < 4.78 is 6.39. The first-order chi connectivity index (χ1) is 11.5. The molecule has 124 valence electrons. The molecule has 2 rings (SSSR count). The molecule has 0 aromatic heterocycles. The van der Waals surface area contributed by atoms with E-state index in [-0.39, 0.29) is 5.69 Å². The van der Waals surface area contributed by atoms with Crippen molar-refractivity contribution < 1.29 is 14.5 Å². The smallest absolute Gasteiger partial charge is 0.271 e. The van der Waals surface area contributed by atoms with Gasteiger partial charge in [0.25, 0.3) is 11.6 Å². The van der Waals surface area contributed by atoms with Gasteiger partial charge in [-0.1, -0.05) is 0 Å². The molecule has 0 heterocycles. The number of hydrogen-bond donors (Lipinski definition) is 1. The van der Waals surface area contributed by atoms with Crippen molar-refractivity contribution in [3.05, 3.63) is 67.3 Å². The van der Waals surface area contributed by atoms with Crippen LogP contribution in [0, 0.1) is 13.7 Å². The predicted molar refractivity (Wildman–Crippen MR) is 98.5 cm³/mol. The van der Waals surface area contributed by atoms with Gasteiger partial charge in [0.1, 0.15) is 5.75 Å². The van der Waals surface area contributed by atoms with E-state index in [4.69, 9.17) is 4.74 Å². The number of nitro benzene ring substituents is 1. The molecule has 0 atom stereocenters. The van der Waals surface area contributed by atoms with Gasteiger partial charge in [-0.15, -0.1) is 0 Å². The minimum absolute atomic E-state index is 0.0704. The number of nitrogens with one attached hydrogen (secondary N) is 1. The Hall–Kier alpha value is -2.49. The van der Waals surface area contributed by atoms with Gasteiger partial charge in [-0.3, -0.25) is 14.9 Å². The second-order valence-corrected chi connectivity index (χ2v) is 5.79. The number of non-ortho nitro benzene ring substituents is 1. The minimum atomic E-state index is -0.520. The van der Waals surface area contributed by atoms with Crippen molar-refractivity contribution >= 4 is 40.4 Å². The van der Waals surface area contributed by atoms with E-state index < -0.39 is 10.8 Å². The van der Waals surface area contributed by atoms with Crippen molar-refractivity contribution in [1.29, 1.82) is 0 Å². The number of amides is 1. The topological polar surface area (TPSA) is 93.8 Å². The van der Waals surface area contributed by atoms with Crippen molar-refractivity contribution in [3.63, 3.8) is 0 Å². The highest BCUT2D eigenvalue weighted by Crippen LogP contribution is 2.21. The monoisotopic (exact) mass is 439 g/mol. The summed E-state index contributed by atoms with van der Waals surface area (Å²) >= 11 is 2.16. The summed E-state index contributed by atoms with van der Waals surface area (Å²) in [5.74, 6) is 0.354. The summed E-state index contributed by atoms with van der Waals surface area (Å²) in [5, 5.41) is 14.5. The number of rotatable bonds is 6.